The average Bonchev–Trinajstić information content (AvgIpc) is 2.60. The van der Waals surface area contributed by atoms with Crippen molar-refractivity contribution >= 4 is 16.6 Å². The first kappa shape index (κ1) is 14.0. The van der Waals surface area contributed by atoms with Crippen LogP contribution in [0.25, 0.3) is 10.8 Å². The minimum absolute atomic E-state index is 0.557. The van der Waals surface area contributed by atoms with Gasteiger partial charge in [0.05, 0.1) is 0 Å². The van der Waals surface area contributed by atoms with Crippen molar-refractivity contribution in [2.75, 3.05) is 5.32 Å². The molecule has 3 atom stereocenters. The second-order valence-corrected chi connectivity index (χ2v) is 7.32. The monoisotopic (exact) mass is 314 g/mol. The number of fused-ring (bicyclic) bond motifs is 4. The molecule has 2 nitrogen and oxygen atoms in total. The van der Waals surface area contributed by atoms with Crippen LogP contribution in [0.4, 0.5) is 5.82 Å². The number of nitrogens with zero attached hydrogens (tertiary/aromatic N) is 1. The highest BCUT2D eigenvalue weighted by atomic mass is 15.0. The van der Waals surface area contributed by atoms with E-state index in [1.165, 1.54) is 35.6 Å². The molecular formula is C22H22N2. The fourth-order valence-electron chi connectivity index (χ4n) is 4.73. The molecule has 3 unspecified atom stereocenters. The number of hydrogen-bond acceptors (Lipinski definition) is 2. The van der Waals surface area contributed by atoms with Crippen LogP contribution in [-0.4, -0.2) is 11.0 Å². The zero-order chi connectivity index (χ0) is 16.1. The van der Waals surface area contributed by atoms with Crippen molar-refractivity contribution in [3.63, 3.8) is 0 Å². The first-order valence-electron chi connectivity index (χ1n) is 9.00. The summed E-state index contributed by atoms with van der Waals surface area (Å²) in [6.07, 6.45) is 5.68. The van der Waals surface area contributed by atoms with Gasteiger partial charge in [-0.1, -0.05) is 42.5 Å². The first-order valence-corrected chi connectivity index (χ1v) is 9.00. The smallest absolute Gasteiger partial charge is 0.134 e. The Bertz CT molecular complexity index is 915. The van der Waals surface area contributed by atoms with Crippen LogP contribution in [0, 0.1) is 12.8 Å². The van der Waals surface area contributed by atoms with Crippen molar-refractivity contribution in [3.05, 3.63) is 71.4 Å². The molecule has 120 valence electrons. The number of hydrogen-bond donors (Lipinski definition) is 1. The third-order valence-electron chi connectivity index (χ3n) is 6.09. The highest BCUT2D eigenvalue weighted by Crippen LogP contribution is 2.50. The van der Waals surface area contributed by atoms with Crippen molar-refractivity contribution < 1.29 is 0 Å². The lowest BCUT2D eigenvalue weighted by Gasteiger charge is -2.49. The summed E-state index contributed by atoms with van der Waals surface area (Å²) < 4.78 is 0. The molecule has 2 heteroatoms. The molecule has 0 radical (unpaired) electrons. The minimum Gasteiger partial charge on any atom is -0.367 e. The molecule has 24 heavy (non-hydrogen) atoms. The second kappa shape index (κ2) is 5.34. The van der Waals surface area contributed by atoms with Gasteiger partial charge in [0, 0.05) is 17.6 Å². The van der Waals surface area contributed by atoms with Gasteiger partial charge in [-0.25, -0.2) is 4.98 Å². The molecule has 1 heterocycles. The number of aromatic nitrogens is 1. The molecule has 2 aliphatic rings. The molecule has 0 spiro atoms. The van der Waals surface area contributed by atoms with E-state index < -0.39 is 0 Å². The maximum atomic E-state index is 4.64. The van der Waals surface area contributed by atoms with Gasteiger partial charge in [0.1, 0.15) is 5.82 Å². The lowest BCUT2D eigenvalue weighted by atomic mass is 9.60. The third kappa shape index (κ3) is 2.06. The molecule has 3 aromatic rings. The Kier molecular flexibility index (Phi) is 3.12. The van der Waals surface area contributed by atoms with Gasteiger partial charge in [-0.05, 0) is 66.2 Å². The fraction of sp³-hybridized carbons (Fsp3) is 0.318. The van der Waals surface area contributed by atoms with Crippen molar-refractivity contribution in [2.24, 2.45) is 5.92 Å². The van der Waals surface area contributed by atoms with E-state index in [1.54, 1.807) is 11.1 Å². The number of pyridine rings is 1. The van der Waals surface area contributed by atoms with E-state index in [9.17, 15) is 0 Å². The molecule has 1 fully saturated rings. The predicted octanol–water partition coefficient (Wildman–Crippen LogP) is 5.07. The normalized spacial score (nSPS) is 24.8. The summed E-state index contributed by atoms with van der Waals surface area (Å²) in [4.78, 5) is 4.64. The molecule has 2 aromatic carbocycles. The van der Waals surface area contributed by atoms with Crippen LogP contribution in [-0.2, 0) is 6.42 Å². The zero-order valence-corrected chi connectivity index (χ0v) is 14.0. The molecular weight excluding hydrogens is 292 g/mol. The number of nitrogens with one attached hydrogen (secondary N) is 1. The maximum absolute atomic E-state index is 4.64. The van der Waals surface area contributed by atoms with E-state index in [0.717, 1.165) is 17.7 Å². The zero-order valence-electron chi connectivity index (χ0n) is 14.0. The standard InChI is InChI=1S/C22H22N2/c1-14-5-4-8-19-16(14)11-12-23-22(19)24-21-13-20-17-7-3-2-6-15(17)9-10-18(20)21/h2-8,11-12,18,20-21H,9-10,13H2,1H3,(H,23,24). The Labute approximate surface area is 142 Å². The van der Waals surface area contributed by atoms with E-state index in [4.69, 9.17) is 0 Å². The highest BCUT2D eigenvalue weighted by Gasteiger charge is 2.44. The molecule has 2 aliphatic carbocycles. The van der Waals surface area contributed by atoms with Gasteiger partial charge in [0.2, 0.25) is 0 Å². The molecule has 5 rings (SSSR count). The Morgan fingerprint density at radius 2 is 1.92 bits per heavy atom. The van der Waals surface area contributed by atoms with Crippen LogP contribution in [0.15, 0.2) is 54.7 Å². The SMILES string of the molecule is Cc1cccc2c(NC3CC4c5ccccc5CCC34)nccc12. The summed E-state index contributed by atoms with van der Waals surface area (Å²) >= 11 is 0. The predicted molar refractivity (Wildman–Crippen MR) is 99.5 cm³/mol. The first-order chi connectivity index (χ1) is 11.8. The van der Waals surface area contributed by atoms with Crippen LogP contribution >= 0.6 is 0 Å². The molecule has 1 saturated carbocycles. The minimum atomic E-state index is 0.557. The lowest BCUT2D eigenvalue weighted by molar-refractivity contribution is 0.194. The molecule has 0 bridgehead atoms. The largest absolute Gasteiger partial charge is 0.367 e. The van der Waals surface area contributed by atoms with Gasteiger partial charge < -0.3 is 5.32 Å². The van der Waals surface area contributed by atoms with Crippen molar-refractivity contribution in [1.29, 1.82) is 0 Å². The third-order valence-corrected chi connectivity index (χ3v) is 6.09. The summed E-state index contributed by atoms with van der Waals surface area (Å²) in [7, 11) is 0. The van der Waals surface area contributed by atoms with Gasteiger partial charge in [-0.3, -0.25) is 0 Å². The van der Waals surface area contributed by atoms with Crippen molar-refractivity contribution in [1.82, 2.24) is 4.98 Å². The molecule has 0 saturated heterocycles. The van der Waals surface area contributed by atoms with Gasteiger partial charge >= 0.3 is 0 Å². The maximum Gasteiger partial charge on any atom is 0.134 e. The van der Waals surface area contributed by atoms with Gasteiger partial charge in [0.15, 0.2) is 0 Å². The van der Waals surface area contributed by atoms with E-state index in [1.807, 2.05) is 6.20 Å². The topological polar surface area (TPSA) is 24.9 Å². The second-order valence-electron chi connectivity index (χ2n) is 7.32. The quantitative estimate of drug-likeness (QED) is 0.714. The van der Waals surface area contributed by atoms with Crippen LogP contribution in [0.3, 0.4) is 0 Å². The van der Waals surface area contributed by atoms with Gasteiger partial charge in [0.25, 0.3) is 0 Å². The van der Waals surface area contributed by atoms with E-state index in [2.05, 4.69) is 65.8 Å². The Morgan fingerprint density at radius 1 is 1.00 bits per heavy atom. The number of anilines is 1. The van der Waals surface area contributed by atoms with E-state index in [-0.39, 0.29) is 0 Å². The van der Waals surface area contributed by atoms with Gasteiger partial charge in [-0.15, -0.1) is 0 Å². The van der Waals surface area contributed by atoms with Crippen molar-refractivity contribution in [3.8, 4) is 0 Å². The van der Waals surface area contributed by atoms with Crippen LogP contribution < -0.4 is 5.32 Å². The summed E-state index contributed by atoms with van der Waals surface area (Å²) in [5, 5.41) is 6.32. The Morgan fingerprint density at radius 3 is 2.88 bits per heavy atom. The summed E-state index contributed by atoms with van der Waals surface area (Å²) in [5.41, 5.74) is 4.47. The highest BCUT2D eigenvalue weighted by molar-refractivity contribution is 5.93. The number of benzene rings is 2. The van der Waals surface area contributed by atoms with Crippen LogP contribution in [0.2, 0.25) is 0 Å². The molecule has 0 amide bonds. The fourth-order valence-corrected chi connectivity index (χ4v) is 4.73. The summed E-state index contributed by atoms with van der Waals surface area (Å²) in [6, 6.07) is 18.2. The summed E-state index contributed by atoms with van der Waals surface area (Å²) in [5.74, 6) is 2.55. The van der Waals surface area contributed by atoms with Crippen LogP contribution in [0.5, 0.6) is 0 Å². The van der Waals surface area contributed by atoms with Gasteiger partial charge in [-0.2, -0.15) is 0 Å². The van der Waals surface area contributed by atoms with E-state index >= 15 is 0 Å². The lowest BCUT2D eigenvalue weighted by Crippen LogP contribution is -2.47. The average molecular weight is 314 g/mol. The molecule has 1 N–H and O–H groups in total. The Balaban J connectivity index is 1.43. The molecule has 1 aromatic heterocycles. The van der Waals surface area contributed by atoms with Crippen molar-refractivity contribution in [2.45, 2.75) is 38.1 Å². The number of rotatable bonds is 2. The van der Waals surface area contributed by atoms with Crippen LogP contribution in [0.1, 0.15) is 35.4 Å². The molecule has 0 aliphatic heterocycles. The van der Waals surface area contributed by atoms with E-state index in [0.29, 0.717) is 6.04 Å². The summed E-state index contributed by atoms with van der Waals surface area (Å²) in [6.45, 7) is 2.17. The Hall–Kier alpha value is -2.35. The number of aryl methyl sites for hydroxylation is 2.